The summed E-state index contributed by atoms with van der Waals surface area (Å²) in [6.45, 7) is 1.99. The molecule has 4 heterocycles. The van der Waals surface area contributed by atoms with Crippen molar-refractivity contribution >= 4 is 5.91 Å². The highest BCUT2D eigenvalue weighted by atomic mass is 16.5. The Balaban J connectivity index is 1.36. The number of aryl methyl sites for hydroxylation is 1. The highest BCUT2D eigenvalue weighted by Gasteiger charge is 2.24. The van der Waals surface area contributed by atoms with Crippen LogP contribution in [0.5, 0.6) is 5.75 Å². The Bertz CT molecular complexity index is 1080. The first-order valence-corrected chi connectivity index (χ1v) is 10.8. The van der Waals surface area contributed by atoms with Crippen LogP contribution in [0.15, 0.2) is 42.7 Å². The minimum Gasteiger partial charge on any atom is -0.491 e. The van der Waals surface area contributed by atoms with Gasteiger partial charge in [-0.15, -0.1) is 0 Å². The molecule has 0 spiro atoms. The summed E-state index contributed by atoms with van der Waals surface area (Å²) < 4.78 is 13.0. The number of carbonyl (C=O) groups excluding carboxylic acids is 1. The summed E-state index contributed by atoms with van der Waals surface area (Å²) in [4.78, 5) is 17.5. The standard InChI is InChI=1S/C24H26N4O3/c1-28-15-19(14-25-28)17-4-2-16(3-5-17)12-18-13-22(27-21-8-11-31-23(18)21)24(29)26-20-6-9-30-10-7-20/h2-5,13-15,20H,6-12H2,1H3,(H,26,29). The van der Waals surface area contributed by atoms with Crippen molar-refractivity contribution in [3.63, 3.8) is 0 Å². The van der Waals surface area contributed by atoms with E-state index in [1.54, 1.807) is 4.68 Å². The first-order chi connectivity index (χ1) is 15.2. The van der Waals surface area contributed by atoms with E-state index in [1.165, 1.54) is 0 Å². The Kier molecular flexibility index (Phi) is 5.42. The van der Waals surface area contributed by atoms with E-state index in [9.17, 15) is 4.79 Å². The average Bonchev–Trinajstić information content (AvgIpc) is 3.44. The largest absolute Gasteiger partial charge is 0.491 e. The summed E-state index contributed by atoms with van der Waals surface area (Å²) in [6, 6.07) is 10.5. The number of carbonyl (C=O) groups is 1. The van der Waals surface area contributed by atoms with E-state index in [-0.39, 0.29) is 11.9 Å². The van der Waals surface area contributed by atoms with Gasteiger partial charge in [-0.3, -0.25) is 9.48 Å². The average molecular weight is 418 g/mol. The summed E-state index contributed by atoms with van der Waals surface area (Å²) in [5.74, 6) is 0.716. The van der Waals surface area contributed by atoms with Crippen LogP contribution in [0.25, 0.3) is 11.1 Å². The zero-order valence-electron chi connectivity index (χ0n) is 17.6. The lowest BCUT2D eigenvalue weighted by molar-refractivity contribution is 0.0694. The van der Waals surface area contributed by atoms with Gasteiger partial charge < -0.3 is 14.8 Å². The topological polar surface area (TPSA) is 78.3 Å². The molecule has 7 nitrogen and oxygen atoms in total. The molecular formula is C24H26N4O3. The van der Waals surface area contributed by atoms with Crippen molar-refractivity contribution in [3.8, 4) is 16.9 Å². The van der Waals surface area contributed by atoms with Crippen LogP contribution in [-0.2, 0) is 24.6 Å². The lowest BCUT2D eigenvalue weighted by Crippen LogP contribution is -2.39. The second kappa shape index (κ2) is 8.51. The number of rotatable bonds is 5. The Labute approximate surface area is 181 Å². The molecule has 3 aromatic rings. The molecule has 1 aromatic carbocycles. The first kappa shape index (κ1) is 19.8. The number of benzene rings is 1. The molecule has 0 aliphatic carbocycles. The maximum atomic E-state index is 12.9. The molecule has 5 rings (SSSR count). The number of fused-ring (bicyclic) bond motifs is 1. The molecule has 0 bridgehead atoms. The molecule has 0 radical (unpaired) electrons. The van der Waals surface area contributed by atoms with Crippen LogP contribution < -0.4 is 10.1 Å². The van der Waals surface area contributed by atoms with Crippen molar-refractivity contribution in [2.75, 3.05) is 19.8 Å². The van der Waals surface area contributed by atoms with Gasteiger partial charge in [-0.05, 0) is 30.0 Å². The number of ether oxygens (including phenoxy) is 2. The van der Waals surface area contributed by atoms with E-state index < -0.39 is 0 Å². The fraction of sp³-hybridized carbons (Fsp3) is 0.375. The van der Waals surface area contributed by atoms with Gasteiger partial charge in [0.15, 0.2) is 0 Å². The van der Waals surface area contributed by atoms with Gasteiger partial charge in [0.05, 0.1) is 18.5 Å². The molecule has 160 valence electrons. The van der Waals surface area contributed by atoms with Gasteiger partial charge in [0.1, 0.15) is 11.4 Å². The van der Waals surface area contributed by atoms with Crippen molar-refractivity contribution in [1.29, 1.82) is 0 Å². The molecule has 2 aromatic heterocycles. The lowest BCUT2D eigenvalue weighted by atomic mass is 10.00. The molecule has 0 saturated carbocycles. The number of hydrogen-bond acceptors (Lipinski definition) is 5. The van der Waals surface area contributed by atoms with Crippen LogP contribution in [-0.4, -0.2) is 46.5 Å². The van der Waals surface area contributed by atoms with Crippen molar-refractivity contribution in [2.45, 2.75) is 31.7 Å². The van der Waals surface area contributed by atoms with Crippen LogP contribution in [0.3, 0.4) is 0 Å². The SMILES string of the molecule is Cn1cc(-c2ccc(Cc3cc(C(=O)NC4CCOCC4)nc4c3OCC4)cc2)cn1. The summed E-state index contributed by atoms with van der Waals surface area (Å²) in [6.07, 6.45) is 6.98. The van der Waals surface area contributed by atoms with Gasteiger partial charge >= 0.3 is 0 Å². The number of aromatic nitrogens is 3. The molecule has 7 heteroatoms. The number of amides is 1. The van der Waals surface area contributed by atoms with Crippen molar-refractivity contribution < 1.29 is 14.3 Å². The van der Waals surface area contributed by atoms with Gasteiger partial charge in [-0.2, -0.15) is 5.10 Å². The fourth-order valence-corrected chi connectivity index (χ4v) is 4.19. The number of nitrogens with zero attached hydrogens (tertiary/aromatic N) is 3. The number of nitrogens with one attached hydrogen (secondary N) is 1. The molecule has 0 unspecified atom stereocenters. The Hall–Kier alpha value is -3.19. The third kappa shape index (κ3) is 4.32. The molecule has 0 atom stereocenters. The van der Waals surface area contributed by atoms with E-state index in [4.69, 9.17) is 9.47 Å². The maximum absolute atomic E-state index is 12.9. The van der Waals surface area contributed by atoms with E-state index in [0.717, 1.165) is 53.0 Å². The molecule has 1 saturated heterocycles. The zero-order valence-corrected chi connectivity index (χ0v) is 17.6. The molecule has 1 fully saturated rings. The van der Waals surface area contributed by atoms with Crippen molar-refractivity contribution in [3.05, 3.63) is 65.2 Å². The molecule has 2 aliphatic rings. The molecule has 2 aliphatic heterocycles. The van der Waals surface area contributed by atoms with E-state index in [1.807, 2.05) is 25.5 Å². The summed E-state index contributed by atoms with van der Waals surface area (Å²) in [5, 5.41) is 7.35. The fourth-order valence-electron chi connectivity index (χ4n) is 4.19. The van der Waals surface area contributed by atoms with E-state index >= 15 is 0 Å². The molecular weight excluding hydrogens is 392 g/mol. The summed E-state index contributed by atoms with van der Waals surface area (Å²) in [7, 11) is 1.91. The quantitative estimate of drug-likeness (QED) is 0.689. The predicted octanol–water partition coefficient (Wildman–Crippen LogP) is 2.92. The Morgan fingerprint density at radius 2 is 1.97 bits per heavy atom. The Morgan fingerprint density at radius 3 is 2.71 bits per heavy atom. The predicted molar refractivity (Wildman–Crippen MR) is 116 cm³/mol. The second-order valence-electron chi connectivity index (χ2n) is 8.18. The van der Waals surface area contributed by atoms with E-state index in [2.05, 4.69) is 39.7 Å². The minimum absolute atomic E-state index is 0.116. The van der Waals surface area contributed by atoms with Gasteiger partial charge in [-0.25, -0.2) is 4.98 Å². The van der Waals surface area contributed by atoms with Crippen LogP contribution >= 0.6 is 0 Å². The lowest BCUT2D eigenvalue weighted by Gasteiger charge is -2.23. The Morgan fingerprint density at radius 1 is 1.16 bits per heavy atom. The monoisotopic (exact) mass is 418 g/mol. The van der Waals surface area contributed by atoms with Crippen molar-refractivity contribution in [2.24, 2.45) is 7.05 Å². The van der Waals surface area contributed by atoms with E-state index in [0.29, 0.717) is 31.9 Å². The number of pyridine rings is 1. The zero-order chi connectivity index (χ0) is 21.2. The highest BCUT2D eigenvalue weighted by Crippen LogP contribution is 2.31. The van der Waals surface area contributed by atoms with Crippen LogP contribution in [0.1, 0.15) is 40.2 Å². The van der Waals surface area contributed by atoms with Gasteiger partial charge in [0.2, 0.25) is 0 Å². The summed E-state index contributed by atoms with van der Waals surface area (Å²) >= 11 is 0. The molecule has 1 amide bonds. The third-order valence-electron chi connectivity index (χ3n) is 5.88. The minimum atomic E-state index is -0.116. The van der Waals surface area contributed by atoms with Crippen LogP contribution in [0, 0.1) is 0 Å². The van der Waals surface area contributed by atoms with Gasteiger partial charge in [-0.1, -0.05) is 24.3 Å². The van der Waals surface area contributed by atoms with Gasteiger partial charge in [0.25, 0.3) is 5.91 Å². The molecule has 1 N–H and O–H groups in total. The highest BCUT2D eigenvalue weighted by molar-refractivity contribution is 5.93. The number of hydrogen-bond donors (Lipinski definition) is 1. The normalized spacial score (nSPS) is 16.0. The first-order valence-electron chi connectivity index (χ1n) is 10.8. The summed E-state index contributed by atoms with van der Waals surface area (Å²) in [5.41, 5.74) is 5.74. The smallest absolute Gasteiger partial charge is 0.270 e. The third-order valence-corrected chi connectivity index (χ3v) is 5.88. The van der Waals surface area contributed by atoms with Gasteiger partial charge in [0, 0.05) is 56.5 Å². The maximum Gasteiger partial charge on any atom is 0.270 e. The van der Waals surface area contributed by atoms with Crippen molar-refractivity contribution in [1.82, 2.24) is 20.1 Å². The second-order valence-corrected chi connectivity index (χ2v) is 8.18. The molecule has 31 heavy (non-hydrogen) atoms. The van der Waals surface area contributed by atoms with Crippen LogP contribution in [0.4, 0.5) is 0 Å². The van der Waals surface area contributed by atoms with Crippen LogP contribution in [0.2, 0.25) is 0 Å².